The lowest BCUT2D eigenvalue weighted by atomic mass is 11.9. The van der Waals surface area contributed by atoms with E-state index in [1.807, 2.05) is 0 Å². The summed E-state index contributed by atoms with van der Waals surface area (Å²) in [6, 6.07) is 0. The van der Waals surface area contributed by atoms with E-state index in [0.717, 1.165) is 0 Å². The summed E-state index contributed by atoms with van der Waals surface area (Å²) in [4.78, 5) is 0. The first-order valence-electron chi connectivity index (χ1n) is 5.14. The van der Waals surface area contributed by atoms with Crippen LogP contribution in [0.5, 0.6) is 0 Å². The molecule has 0 amide bonds. The summed E-state index contributed by atoms with van der Waals surface area (Å²) in [5.74, 6) is 0. The molecule has 0 aliphatic heterocycles. The molecule has 0 aliphatic carbocycles. The average Bonchev–Trinajstić information content (AvgIpc) is 2.03. The normalized spacial score (nSPS) is 19.5. The lowest BCUT2D eigenvalue weighted by molar-refractivity contribution is 0.359. The molecule has 0 fully saturated rings. The monoisotopic (exact) mass is 286 g/mol. The molecule has 2 unspecified atom stereocenters. The Balaban J connectivity index is 3.57. The summed E-state index contributed by atoms with van der Waals surface area (Å²) in [6.45, 7) is 10.5. The maximum atomic E-state index is 5.75. The van der Waals surface area contributed by atoms with Crippen LogP contribution in [0.25, 0.3) is 0 Å². The molecular formula is C5H22O4Si5. The van der Waals surface area contributed by atoms with Crippen molar-refractivity contribution in [1.82, 2.24) is 0 Å². The Morgan fingerprint density at radius 2 is 1.07 bits per heavy atom. The van der Waals surface area contributed by atoms with Gasteiger partial charge in [0, 0.05) is 0 Å². The summed E-state index contributed by atoms with van der Waals surface area (Å²) >= 11 is 0. The molecule has 0 aliphatic rings. The maximum Gasteiger partial charge on any atom is 0.300 e. The fourth-order valence-electron chi connectivity index (χ4n) is 1.12. The van der Waals surface area contributed by atoms with Gasteiger partial charge in [0.15, 0.2) is 0 Å². The molecular weight excluding hydrogens is 264 g/mol. The summed E-state index contributed by atoms with van der Waals surface area (Å²) in [5, 5.41) is 0. The van der Waals surface area contributed by atoms with Gasteiger partial charge in [-0.1, -0.05) is 13.1 Å². The molecule has 4 nitrogen and oxygen atoms in total. The van der Waals surface area contributed by atoms with Crippen molar-refractivity contribution in [3.63, 3.8) is 0 Å². The Bertz CT molecular complexity index is 125. The van der Waals surface area contributed by atoms with Crippen LogP contribution in [0.2, 0.25) is 32.7 Å². The lowest BCUT2D eigenvalue weighted by Crippen LogP contribution is -2.35. The van der Waals surface area contributed by atoms with E-state index in [1.54, 1.807) is 0 Å². The lowest BCUT2D eigenvalue weighted by Gasteiger charge is -2.21. The van der Waals surface area contributed by atoms with E-state index in [2.05, 4.69) is 32.7 Å². The molecule has 2 atom stereocenters. The van der Waals surface area contributed by atoms with Crippen LogP contribution in [0, 0.1) is 0 Å². The molecule has 0 aromatic carbocycles. The summed E-state index contributed by atoms with van der Waals surface area (Å²) < 4.78 is 22.6. The predicted molar refractivity (Wildman–Crippen MR) is 72.2 cm³/mol. The fourth-order valence-corrected chi connectivity index (χ4v) is 12.1. The molecule has 0 rings (SSSR count). The summed E-state index contributed by atoms with van der Waals surface area (Å²) in [5.41, 5.74) is 0. The third kappa shape index (κ3) is 8.25. The van der Waals surface area contributed by atoms with Crippen molar-refractivity contribution in [2.75, 3.05) is 0 Å². The Morgan fingerprint density at radius 3 is 1.36 bits per heavy atom. The standard InChI is InChI=1S/C5H22O4Si5/c1-10-6-12(3)8-14(5)9-13(4)7-11-2/h12-14H,10-11H2,1-5H3. The first-order chi connectivity index (χ1) is 6.60. The molecule has 0 aromatic heterocycles. The third-order valence-electron chi connectivity index (χ3n) is 1.57. The second-order valence-corrected chi connectivity index (χ2v) is 12.3. The van der Waals surface area contributed by atoms with E-state index in [0.29, 0.717) is 0 Å². The third-order valence-corrected chi connectivity index (χ3v) is 14.1. The molecule has 0 heterocycles. The first kappa shape index (κ1) is 14.9. The number of hydrogen-bond donors (Lipinski definition) is 0. The van der Waals surface area contributed by atoms with Gasteiger partial charge in [0.25, 0.3) is 27.9 Å². The van der Waals surface area contributed by atoms with Crippen molar-refractivity contribution in [2.24, 2.45) is 0 Å². The van der Waals surface area contributed by atoms with Crippen LogP contribution in [0.3, 0.4) is 0 Å². The Hall–Kier alpha value is 0.924. The smallest absolute Gasteiger partial charge is 0.300 e. The van der Waals surface area contributed by atoms with Crippen LogP contribution < -0.4 is 0 Å². The second-order valence-electron chi connectivity index (χ2n) is 2.89. The van der Waals surface area contributed by atoms with E-state index in [1.165, 1.54) is 0 Å². The van der Waals surface area contributed by atoms with Crippen molar-refractivity contribution >= 4 is 47.4 Å². The van der Waals surface area contributed by atoms with Crippen LogP contribution in [0.4, 0.5) is 0 Å². The van der Waals surface area contributed by atoms with E-state index in [4.69, 9.17) is 16.5 Å². The van der Waals surface area contributed by atoms with Gasteiger partial charge in [-0.15, -0.1) is 0 Å². The highest BCUT2D eigenvalue weighted by Gasteiger charge is 2.16. The topological polar surface area (TPSA) is 36.9 Å². The Kier molecular flexibility index (Phi) is 9.78. The highest BCUT2D eigenvalue weighted by Crippen LogP contribution is 1.98. The van der Waals surface area contributed by atoms with Gasteiger partial charge in [-0.05, 0) is 19.6 Å². The number of hydrogen-bond acceptors (Lipinski definition) is 4. The van der Waals surface area contributed by atoms with Crippen LogP contribution in [-0.4, -0.2) is 47.4 Å². The minimum atomic E-state index is -1.46. The van der Waals surface area contributed by atoms with E-state index < -0.39 is 27.9 Å². The molecule has 86 valence electrons. The van der Waals surface area contributed by atoms with Crippen molar-refractivity contribution in [3.8, 4) is 0 Å². The van der Waals surface area contributed by atoms with Gasteiger partial charge in [0.1, 0.15) is 19.5 Å². The average molecular weight is 287 g/mol. The number of rotatable bonds is 8. The van der Waals surface area contributed by atoms with Crippen molar-refractivity contribution in [2.45, 2.75) is 32.7 Å². The first-order valence-corrected chi connectivity index (χ1v) is 15.4. The minimum Gasteiger partial charge on any atom is -0.444 e. The Labute approximate surface area is 96.7 Å². The zero-order chi connectivity index (χ0) is 11.0. The molecule has 0 saturated carbocycles. The zero-order valence-electron chi connectivity index (χ0n) is 9.78. The van der Waals surface area contributed by atoms with Crippen LogP contribution in [0.15, 0.2) is 0 Å². The Morgan fingerprint density at radius 1 is 0.714 bits per heavy atom. The molecule has 0 radical (unpaired) electrons. The highest BCUT2D eigenvalue weighted by atomic mass is 28.4. The minimum absolute atomic E-state index is 0.323. The highest BCUT2D eigenvalue weighted by molar-refractivity contribution is 6.66. The molecule has 0 aromatic rings. The van der Waals surface area contributed by atoms with Gasteiger partial charge >= 0.3 is 0 Å². The molecule has 0 saturated heterocycles. The summed E-state index contributed by atoms with van der Waals surface area (Å²) in [7, 11) is -4.83. The molecule has 9 heteroatoms. The fraction of sp³-hybridized carbons (Fsp3) is 1.00. The van der Waals surface area contributed by atoms with E-state index in [-0.39, 0.29) is 19.5 Å². The van der Waals surface area contributed by atoms with Crippen molar-refractivity contribution < 1.29 is 16.5 Å². The summed E-state index contributed by atoms with van der Waals surface area (Å²) in [6.07, 6.45) is 0. The molecule has 0 bridgehead atoms. The van der Waals surface area contributed by atoms with Crippen molar-refractivity contribution in [3.05, 3.63) is 0 Å². The van der Waals surface area contributed by atoms with Gasteiger partial charge in [-0.25, -0.2) is 0 Å². The molecule has 0 N–H and O–H groups in total. The van der Waals surface area contributed by atoms with Gasteiger partial charge in [0.05, 0.1) is 0 Å². The molecule has 0 spiro atoms. The van der Waals surface area contributed by atoms with Crippen molar-refractivity contribution in [1.29, 1.82) is 0 Å². The van der Waals surface area contributed by atoms with E-state index >= 15 is 0 Å². The van der Waals surface area contributed by atoms with Crippen LogP contribution >= 0.6 is 0 Å². The van der Waals surface area contributed by atoms with Gasteiger partial charge in [-0.2, -0.15) is 0 Å². The van der Waals surface area contributed by atoms with Crippen LogP contribution in [-0.2, 0) is 16.5 Å². The second kappa shape index (κ2) is 9.17. The predicted octanol–water partition coefficient (Wildman–Crippen LogP) is -1.13. The van der Waals surface area contributed by atoms with Gasteiger partial charge in [-0.3, -0.25) is 0 Å². The molecule has 14 heavy (non-hydrogen) atoms. The van der Waals surface area contributed by atoms with E-state index in [9.17, 15) is 0 Å². The quantitative estimate of drug-likeness (QED) is 0.529. The maximum absolute atomic E-state index is 5.75. The SMILES string of the molecule is C[SiH2]O[SiH](C)O[SiH](C)O[SiH](C)O[SiH2]C. The van der Waals surface area contributed by atoms with Crippen LogP contribution in [0.1, 0.15) is 0 Å². The van der Waals surface area contributed by atoms with Gasteiger partial charge in [0.2, 0.25) is 0 Å². The van der Waals surface area contributed by atoms with Gasteiger partial charge < -0.3 is 16.5 Å². The largest absolute Gasteiger partial charge is 0.444 e. The zero-order valence-corrected chi connectivity index (χ0v) is 16.1.